The van der Waals surface area contributed by atoms with Gasteiger partial charge in [0.25, 0.3) is 0 Å². The quantitative estimate of drug-likeness (QED) is 0.700. The number of aromatic nitrogens is 2. The Bertz CT molecular complexity index is 751. The zero-order valence-electron chi connectivity index (χ0n) is 15.2. The van der Waals surface area contributed by atoms with Crippen LogP contribution in [0.4, 0.5) is 4.79 Å². The Balaban J connectivity index is 0.00000261. The normalized spacial score (nSPS) is 17.0. The predicted molar refractivity (Wildman–Crippen MR) is 104 cm³/mol. The smallest absolute Gasteiger partial charge is 0.321 e. The van der Waals surface area contributed by atoms with Crippen molar-refractivity contribution >= 4 is 24.3 Å². The number of amides is 3. The maximum absolute atomic E-state index is 12.3. The SMILES string of the molecule is Cl.Cn1ccnc1C1CNCCN1CC(=O)NC(=O)NCc1ccccc1. The van der Waals surface area contributed by atoms with Gasteiger partial charge >= 0.3 is 6.03 Å². The molecule has 1 saturated heterocycles. The van der Waals surface area contributed by atoms with Gasteiger partial charge in [-0.05, 0) is 5.56 Å². The first-order valence-corrected chi connectivity index (χ1v) is 8.67. The van der Waals surface area contributed by atoms with Gasteiger partial charge in [-0.2, -0.15) is 0 Å². The van der Waals surface area contributed by atoms with Crippen molar-refractivity contribution in [3.8, 4) is 0 Å². The second-order valence-corrected chi connectivity index (χ2v) is 6.30. The van der Waals surface area contributed by atoms with E-state index >= 15 is 0 Å². The van der Waals surface area contributed by atoms with E-state index in [-0.39, 0.29) is 30.9 Å². The lowest BCUT2D eigenvalue weighted by Gasteiger charge is -2.35. The molecule has 8 nitrogen and oxygen atoms in total. The molecule has 1 unspecified atom stereocenters. The van der Waals surface area contributed by atoms with Crippen LogP contribution in [-0.4, -0.2) is 52.6 Å². The molecule has 1 aromatic heterocycles. The van der Waals surface area contributed by atoms with Gasteiger partial charge in [-0.1, -0.05) is 30.3 Å². The lowest BCUT2D eigenvalue weighted by atomic mass is 10.1. The fraction of sp³-hybridized carbons (Fsp3) is 0.389. The van der Waals surface area contributed by atoms with Gasteiger partial charge in [-0.25, -0.2) is 9.78 Å². The molecule has 2 aromatic rings. The molecule has 1 aromatic carbocycles. The monoisotopic (exact) mass is 392 g/mol. The van der Waals surface area contributed by atoms with Crippen LogP contribution in [0.2, 0.25) is 0 Å². The second kappa shape index (κ2) is 10.1. The molecule has 1 aliphatic heterocycles. The third-order valence-electron chi connectivity index (χ3n) is 4.41. The van der Waals surface area contributed by atoms with E-state index in [0.29, 0.717) is 6.54 Å². The number of nitrogens with zero attached hydrogens (tertiary/aromatic N) is 3. The molecular formula is C18H25ClN6O2. The minimum Gasteiger partial charge on any atom is -0.337 e. The molecule has 0 saturated carbocycles. The van der Waals surface area contributed by atoms with Gasteiger partial charge in [0.1, 0.15) is 5.82 Å². The van der Waals surface area contributed by atoms with Crippen LogP contribution in [0.5, 0.6) is 0 Å². The van der Waals surface area contributed by atoms with E-state index in [2.05, 4.69) is 20.9 Å². The maximum Gasteiger partial charge on any atom is 0.321 e. The average molecular weight is 393 g/mol. The van der Waals surface area contributed by atoms with Gasteiger partial charge in [-0.15, -0.1) is 12.4 Å². The summed E-state index contributed by atoms with van der Waals surface area (Å²) in [5.74, 6) is 0.579. The van der Waals surface area contributed by atoms with Crippen molar-refractivity contribution in [1.29, 1.82) is 0 Å². The van der Waals surface area contributed by atoms with Gasteiger partial charge in [-0.3, -0.25) is 15.0 Å². The Labute approximate surface area is 164 Å². The number of imidazole rings is 1. The minimum absolute atomic E-state index is 0. The summed E-state index contributed by atoms with van der Waals surface area (Å²) in [5.41, 5.74) is 0.979. The molecule has 1 fully saturated rings. The molecule has 0 spiro atoms. The van der Waals surface area contributed by atoms with Gasteiger partial charge < -0.3 is 15.2 Å². The molecule has 9 heteroatoms. The van der Waals surface area contributed by atoms with Crippen LogP contribution in [0.1, 0.15) is 17.4 Å². The predicted octanol–water partition coefficient (Wildman–Crippen LogP) is 0.814. The zero-order valence-corrected chi connectivity index (χ0v) is 16.0. The van der Waals surface area contributed by atoms with Crippen LogP contribution in [0, 0.1) is 0 Å². The lowest BCUT2D eigenvalue weighted by Crippen LogP contribution is -2.51. The van der Waals surface area contributed by atoms with Crippen molar-refractivity contribution in [2.75, 3.05) is 26.2 Å². The summed E-state index contributed by atoms with van der Waals surface area (Å²) in [7, 11) is 1.94. The maximum atomic E-state index is 12.3. The average Bonchev–Trinajstić information content (AvgIpc) is 3.07. The van der Waals surface area contributed by atoms with Crippen LogP contribution in [0.15, 0.2) is 42.7 Å². The van der Waals surface area contributed by atoms with Gasteiger partial charge in [0, 0.05) is 45.6 Å². The molecule has 1 atom stereocenters. The number of rotatable bonds is 5. The van der Waals surface area contributed by atoms with Crippen molar-refractivity contribution in [1.82, 2.24) is 30.4 Å². The number of halogens is 1. The topological polar surface area (TPSA) is 91.3 Å². The van der Waals surface area contributed by atoms with Crippen LogP contribution in [-0.2, 0) is 18.4 Å². The summed E-state index contributed by atoms with van der Waals surface area (Å²) in [6, 6.07) is 9.08. The highest BCUT2D eigenvalue weighted by molar-refractivity contribution is 5.95. The van der Waals surface area contributed by atoms with E-state index in [1.807, 2.05) is 53.0 Å². The highest BCUT2D eigenvalue weighted by Gasteiger charge is 2.28. The molecule has 3 N–H and O–H groups in total. The summed E-state index contributed by atoms with van der Waals surface area (Å²) < 4.78 is 1.95. The van der Waals surface area contributed by atoms with Gasteiger partial charge in [0.05, 0.1) is 12.6 Å². The summed E-state index contributed by atoms with van der Waals surface area (Å²) in [4.78, 5) is 30.6. The second-order valence-electron chi connectivity index (χ2n) is 6.30. The van der Waals surface area contributed by atoms with Crippen LogP contribution >= 0.6 is 12.4 Å². The van der Waals surface area contributed by atoms with Crippen LogP contribution in [0.25, 0.3) is 0 Å². The largest absolute Gasteiger partial charge is 0.337 e. The first-order valence-electron chi connectivity index (χ1n) is 8.67. The first-order chi connectivity index (χ1) is 12.6. The van der Waals surface area contributed by atoms with Crippen molar-refractivity contribution < 1.29 is 9.59 Å². The van der Waals surface area contributed by atoms with Crippen molar-refractivity contribution in [2.24, 2.45) is 7.05 Å². The van der Waals surface area contributed by atoms with Crippen LogP contribution in [0.3, 0.4) is 0 Å². The number of benzene rings is 1. The fourth-order valence-electron chi connectivity index (χ4n) is 3.06. The molecule has 1 aliphatic rings. The molecule has 3 rings (SSSR count). The number of carbonyl (C=O) groups excluding carboxylic acids is 2. The number of hydrogen-bond acceptors (Lipinski definition) is 5. The Kier molecular flexibility index (Phi) is 7.78. The van der Waals surface area contributed by atoms with Gasteiger partial charge in [0.2, 0.25) is 5.91 Å². The Morgan fingerprint density at radius 2 is 2.07 bits per heavy atom. The lowest BCUT2D eigenvalue weighted by molar-refractivity contribution is -0.122. The summed E-state index contributed by atoms with van der Waals surface area (Å²) in [6.07, 6.45) is 3.64. The summed E-state index contributed by atoms with van der Waals surface area (Å²) >= 11 is 0. The highest BCUT2D eigenvalue weighted by Crippen LogP contribution is 2.19. The Morgan fingerprint density at radius 3 is 2.78 bits per heavy atom. The van der Waals surface area contributed by atoms with Crippen LogP contribution < -0.4 is 16.0 Å². The molecular weight excluding hydrogens is 368 g/mol. The standard InChI is InChI=1S/C18H24N6O2.ClH/c1-23-9-8-20-17(23)15-12-19-7-10-24(15)13-16(25)22-18(26)21-11-14-5-3-2-4-6-14;/h2-6,8-9,15,19H,7,10-13H2,1H3,(H2,21,22,25,26);1H. The van der Waals surface area contributed by atoms with Crippen molar-refractivity contribution in [2.45, 2.75) is 12.6 Å². The molecule has 27 heavy (non-hydrogen) atoms. The number of imide groups is 1. The number of nitrogens with one attached hydrogen (secondary N) is 3. The molecule has 0 bridgehead atoms. The molecule has 2 heterocycles. The van der Waals surface area contributed by atoms with E-state index in [0.717, 1.165) is 31.0 Å². The Hall–Kier alpha value is -2.42. The summed E-state index contributed by atoms with van der Waals surface area (Å²) in [5, 5.41) is 8.42. The number of urea groups is 1. The Morgan fingerprint density at radius 1 is 1.30 bits per heavy atom. The van der Waals surface area contributed by atoms with E-state index in [1.165, 1.54) is 0 Å². The number of hydrogen-bond donors (Lipinski definition) is 3. The number of carbonyl (C=O) groups is 2. The van der Waals surface area contributed by atoms with Crippen molar-refractivity contribution in [3.05, 3.63) is 54.1 Å². The first kappa shape index (κ1) is 20.9. The molecule has 3 amide bonds. The van der Waals surface area contributed by atoms with E-state index in [4.69, 9.17) is 0 Å². The van der Waals surface area contributed by atoms with Crippen molar-refractivity contribution in [3.63, 3.8) is 0 Å². The summed E-state index contributed by atoms with van der Waals surface area (Å²) in [6.45, 7) is 2.77. The molecule has 0 aliphatic carbocycles. The number of aryl methyl sites for hydroxylation is 1. The zero-order chi connectivity index (χ0) is 18.4. The molecule has 0 radical (unpaired) electrons. The van der Waals surface area contributed by atoms with E-state index in [1.54, 1.807) is 6.20 Å². The minimum atomic E-state index is -0.484. The third-order valence-corrected chi connectivity index (χ3v) is 4.41. The van der Waals surface area contributed by atoms with Gasteiger partial charge in [0.15, 0.2) is 0 Å². The number of piperazine rings is 1. The third kappa shape index (κ3) is 5.78. The fourth-order valence-corrected chi connectivity index (χ4v) is 3.06. The highest BCUT2D eigenvalue weighted by atomic mass is 35.5. The molecule has 146 valence electrons. The van der Waals surface area contributed by atoms with E-state index < -0.39 is 6.03 Å². The van der Waals surface area contributed by atoms with E-state index in [9.17, 15) is 9.59 Å².